The SMILES string of the molecule is CC(C)C[C@H](NC(=O)COCCNC(=O)OCC1c2ccccc2-c2ccccc21)C(=O)N[C@@H](CCC(=O)C=[N+]=[N-])C(=O)OC(C)(C)C. The van der Waals surface area contributed by atoms with Crippen molar-refractivity contribution in [2.24, 2.45) is 5.92 Å². The number of benzene rings is 2. The summed E-state index contributed by atoms with van der Waals surface area (Å²) in [6.07, 6.45) is 0.0748. The minimum absolute atomic E-state index is 0.00527. The molecule has 3 rings (SSSR count). The number of hydrogen-bond donors (Lipinski definition) is 3. The molecule has 258 valence electrons. The zero-order valence-corrected chi connectivity index (χ0v) is 28.1. The predicted molar refractivity (Wildman–Crippen MR) is 177 cm³/mol. The summed E-state index contributed by atoms with van der Waals surface area (Å²) in [5, 5.41) is 7.84. The Bertz CT molecular complexity index is 1470. The highest BCUT2D eigenvalue weighted by Gasteiger charge is 2.31. The van der Waals surface area contributed by atoms with E-state index in [0.29, 0.717) is 6.21 Å². The van der Waals surface area contributed by atoms with E-state index in [2.05, 4.69) is 32.9 Å². The predicted octanol–water partition coefficient (Wildman–Crippen LogP) is 3.55. The summed E-state index contributed by atoms with van der Waals surface area (Å²) < 4.78 is 16.3. The molecule has 2 aromatic carbocycles. The third-order valence-electron chi connectivity index (χ3n) is 7.34. The molecular weight excluding hydrogens is 618 g/mol. The van der Waals surface area contributed by atoms with Gasteiger partial charge in [-0.1, -0.05) is 62.4 Å². The molecule has 0 spiro atoms. The molecule has 0 aliphatic heterocycles. The van der Waals surface area contributed by atoms with E-state index in [9.17, 15) is 24.0 Å². The fourth-order valence-corrected chi connectivity index (χ4v) is 5.29. The van der Waals surface area contributed by atoms with Gasteiger partial charge in [-0.25, -0.2) is 9.59 Å². The lowest BCUT2D eigenvalue weighted by Gasteiger charge is -2.26. The molecule has 0 fully saturated rings. The molecule has 48 heavy (non-hydrogen) atoms. The van der Waals surface area contributed by atoms with E-state index in [4.69, 9.17) is 19.7 Å². The average Bonchev–Trinajstić information content (AvgIpc) is 3.34. The van der Waals surface area contributed by atoms with Crippen molar-refractivity contribution in [1.29, 1.82) is 0 Å². The highest BCUT2D eigenvalue weighted by molar-refractivity contribution is 6.25. The molecule has 3 N–H and O–H groups in total. The largest absolute Gasteiger partial charge is 0.458 e. The van der Waals surface area contributed by atoms with Crippen LogP contribution in [0.5, 0.6) is 0 Å². The zero-order valence-electron chi connectivity index (χ0n) is 28.1. The second kappa shape index (κ2) is 17.9. The number of hydrogen-bond acceptors (Lipinski definition) is 8. The van der Waals surface area contributed by atoms with Gasteiger partial charge in [-0.15, -0.1) is 0 Å². The molecule has 0 radical (unpaired) electrons. The normalized spacial score (nSPS) is 13.3. The minimum atomic E-state index is -1.18. The van der Waals surface area contributed by atoms with Crippen molar-refractivity contribution < 1.29 is 43.0 Å². The van der Waals surface area contributed by atoms with Gasteiger partial charge in [0.1, 0.15) is 30.9 Å². The lowest BCUT2D eigenvalue weighted by molar-refractivity contribution is -0.159. The van der Waals surface area contributed by atoms with Crippen molar-refractivity contribution >= 4 is 35.9 Å². The molecule has 3 amide bonds. The molecule has 0 saturated heterocycles. The lowest BCUT2D eigenvalue weighted by atomic mass is 9.98. The van der Waals surface area contributed by atoms with Crippen LogP contribution >= 0.6 is 0 Å². The first-order chi connectivity index (χ1) is 22.8. The highest BCUT2D eigenvalue weighted by atomic mass is 16.6. The number of fused-ring (bicyclic) bond motifs is 3. The van der Waals surface area contributed by atoms with Crippen LogP contribution in [-0.4, -0.2) is 84.7 Å². The van der Waals surface area contributed by atoms with Crippen LogP contribution in [-0.2, 0) is 33.4 Å². The van der Waals surface area contributed by atoms with Crippen molar-refractivity contribution in [3.8, 4) is 11.1 Å². The summed E-state index contributed by atoms with van der Waals surface area (Å²) >= 11 is 0. The second-order valence-corrected chi connectivity index (χ2v) is 12.9. The average molecular weight is 664 g/mol. The van der Waals surface area contributed by atoms with Gasteiger partial charge in [-0.3, -0.25) is 14.4 Å². The Balaban J connectivity index is 1.45. The number of ketones is 1. The Morgan fingerprint density at radius 3 is 2.15 bits per heavy atom. The van der Waals surface area contributed by atoms with Gasteiger partial charge in [0.05, 0.1) is 6.61 Å². The van der Waals surface area contributed by atoms with Gasteiger partial charge in [-0.05, 0) is 61.8 Å². The lowest BCUT2D eigenvalue weighted by Crippen LogP contribution is -2.53. The summed E-state index contributed by atoms with van der Waals surface area (Å²) in [7, 11) is 0. The van der Waals surface area contributed by atoms with Crippen LogP contribution in [0.1, 0.15) is 70.9 Å². The molecule has 0 heterocycles. The molecular formula is C35H45N5O8. The van der Waals surface area contributed by atoms with Crippen LogP contribution in [0.2, 0.25) is 0 Å². The molecule has 0 unspecified atom stereocenters. The van der Waals surface area contributed by atoms with Crippen LogP contribution in [0.3, 0.4) is 0 Å². The fraction of sp³-hybridized carbons (Fsp3) is 0.486. The number of rotatable bonds is 17. The van der Waals surface area contributed by atoms with Crippen LogP contribution in [0, 0.1) is 5.92 Å². The molecule has 2 aromatic rings. The Hall–Kier alpha value is -4.87. The van der Waals surface area contributed by atoms with Crippen molar-refractivity contribution in [3.05, 3.63) is 65.2 Å². The van der Waals surface area contributed by atoms with Gasteiger partial charge < -0.3 is 35.7 Å². The van der Waals surface area contributed by atoms with Gasteiger partial charge in [0.2, 0.25) is 17.6 Å². The Morgan fingerprint density at radius 2 is 1.56 bits per heavy atom. The van der Waals surface area contributed by atoms with Crippen LogP contribution in [0.15, 0.2) is 48.5 Å². The van der Waals surface area contributed by atoms with E-state index in [0.717, 1.165) is 22.3 Å². The summed E-state index contributed by atoms with van der Waals surface area (Å²) in [6, 6.07) is 13.9. The van der Waals surface area contributed by atoms with E-state index in [1.54, 1.807) is 20.8 Å². The first-order valence-corrected chi connectivity index (χ1v) is 16.0. The Morgan fingerprint density at radius 1 is 0.938 bits per heavy atom. The number of Topliss-reactive ketones (excluding diaryl/α,β-unsaturated/α-hetero) is 1. The minimum Gasteiger partial charge on any atom is -0.458 e. The zero-order chi connectivity index (χ0) is 35.3. The summed E-state index contributed by atoms with van der Waals surface area (Å²) in [4.78, 5) is 65.6. The quantitative estimate of drug-likeness (QED) is 0.0754. The molecule has 1 aliphatic rings. The Labute approximate surface area is 280 Å². The first kappa shape index (κ1) is 37.6. The summed E-state index contributed by atoms with van der Waals surface area (Å²) in [6.45, 7) is 8.66. The first-order valence-electron chi connectivity index (χ1n) is 16.0. The molecule has 0 bridgehead atoms. The van der Waals surface area contributed by atoms with E-state index in [-0.39, 0.29) is 57.5 Å². The number of nitrogens with one attached hydrogen (secondary N) is 3. The molecule has 13 nitrogen and oxygen atoms in total. The van der Waals surface area contributed by atoms with E-state index in [1.807, 2.05) is 50.2 Å². The van der Waals surface area contributed by atoms with Crippen molar-refractivity contribution in [3.63, 3.8) is 0 Å². The molecule has 13 heteroatoms. The number of esters is 1. The Kier molecular flexibility index (Phi) is 14.0. The number of ether oxygens (including phenoxy) is 3. The van der Waals surface area contributed by atoms with Crippen molar-refractivity contribution in [1.82, 2.24) is 16.0 Å². The maximum absolute atomic E-state index is 13.2. The van der Waals surface area contributed by atoms with Crippen molar-refractivity contribution in [2.45, 2.75) is 77.5 Å². The molecule has 1 aliphatic carbocycles. The third kappa shape index (κ3) is 11.7. The molecule has 0 aromatic heterocycles. The summed E-state index contributed by atoms with van der Waals surface area (Å²) in [5.74, 6) is -2.55. The number of alkyl carbamates (subject to hydrolysis) is 1. The van der Waals surface area contributed by atoms with Crippen LogP contribution in [0.25, 0.3) is 16.7 Å². The van der Waals surface area contributed by atoms with Crippen molar-refractivity contribution in [2.75, 3.05) is 26.4 Å². The molecule has 0 saturated carbocycles. The van der Waals surface area contributed by atoms with Crippen LogP contribution in [0.4, 0.5) is 4.79 Å². The third-order valence-corrected chi connectivity index (χ3v) is 7.34. The number of nitrogens with zero attached hydrogens (tertiary/aromatic N) is 2. The van der Waals surface area contributed by atoms with Gasteiger partial charge in [-0.2, -0.15) is 4.79 Å². The van der Waals surface area contributed by atoms with Crippen LogP contribution < -0.4 is 16.0 Å². The van der Waals surface area contributed by atoms with E-state index in [1.165, 1.54) is 0 Å². The second-order valence-electron chi connectivity index (χ2n) is 12.9. The van der Waals surface area contributed by atoms with Gasteiger partial charge in [0.15, 0.2) is 0 Å². The number of carbonyl (C=O) groups is 5. The number of amides is 3. The maximum Gasteiger partial charge on any atom is 0.407 e. The van der Waals surface area contributed by atoms with E-state index >= 15 is 0 Å². The van der Waals surface area contributed by atoms with Gasteiger partial charge in [0, 0.05) is 18.9 Å². The highest BCUT2D eigenvalue weighted by Crippen LogP contribution is 2.44. The standard InChI is InChI=1S/C35H45N5O8/c1-22(2)18-30(32(43)40-29(15-14-23(41)19-38-36)33(44)48-35(3,4)5)39-31(42)21-46-17-16-37-34(45)47-20-28-26-12-8-6-10-24(26)25-11-7-9-13-27(25)28/h6-13,19,22,28-30H,14-18,20-21H2,1-5H3,(H,37,45)(H,39,42)(H,40,43)/t29-,30-/m0/s1. The van der Waals surface area contributed by atoms with E-state index < -0.39 is 47.3 Å². The summed E-state index contributed by atoms with van der Waals surface area (Å²) in [5.41, 5.74) is 12.2. The van der Waals surface area contributed by atoms with Gasteiger partial charge >= 0.3 is 18.3 Å². The fourth-order valence-electron chi connectivity index (χ4n) is 5.29. The molecule has 2 atom stereocenters. The maximum atomic E-state index is 13.2. The smallest absolute Gasteiger partial charge is 0.407 e. The monoisotopic (exact) mass is 663 g/mol. The number of carbonyl (C=O) groups excluding carboxylic acids is 5. The topological polar surface area (TPSA) is 186 Å². The van der Waals surface area contributed by atoms with Gasteiger partial charge in [0.25, 0.3) is 0 Å².